The molecular weight excluding hydrogens is 182 g/mol. The molecule has 1 unspecified atom stereocenters. The van der Waals surface area contributed by atoms with Crippen LogP contribution in [0.3, 0.4) is 0 Å². The second kappa shape index (κ2) is 10.9. The van der Waals surface area contributed by atoms with Gasteiger partial charge in [0.05, 0.1) is 19.8 Å². The highest BCUT2D eigenvalue weighted by Gasteiger charge is 1.97. The lowest BCUT2D eigenvalue weighted by atomic mass is 10.3. The Morgan fingerprint density at radius 1 is 1.07 bits per heavy atom. The van der Waals surface area contributed by atoms with E-state index in [1.54, 1.807) is 7.11 Å². The zero-order chi connectivity index (χ0) is 10.6. The summed E-state index contributed by atoms with van der Waals surface area (Å²) in [7, 11) is 1.67. The first-order chi connectivity index (χ1) is 6.81. The van der Waals surface area contributed by atoms with Crippen molar-refractivity contribution in [3.8, 4) is 0 Å². The van der Waals surface area contributed by atoms with Crippen molar-refractivity contribution in [1.82, 2.24) is 0 Å². The van der Waals surface area contributed by atoms with Crippen LogP contribution in [0.1, 0.15) is 19.8 Å². The van der Waals surface area contributed by atoms with Crippen molar-refractivity contribution in [3.05, 3.63) is 0 Å². The van der Waals surface area contributed by atoms with E-state index in [2.05, 4.69) is 6.92 Å². The number of hydrogen-bond donors (Lipinski definition) is 1. The van der Waals surface area contributed by atoms with Crippen LogP contribution in [0.25, 0.3) is 0 Å². The van der Waals surface area contributed by atoms with Crippen LogP contribution in [0.5, 0.6) is 0 Å². The molecule has 0 amide bonds. The van der Waals surface area contributed by atoms with Gasteiger partial charge in [0.15, 0.2) is 0 Å². The molecule has 0 spiro atoms. The molecule has 0 radical (unpaired) electrons. The van der Waals surface area contributed by atoms with Gasteiger partial charge in [-0.1, -0.05) is 6.92 Å². The van der Waals surface area contributed by atoms with Crippen LogP contribution in [-0.2, 0) is 14.2 Å². The molecule has 0 fully saturated rings. The van der Waals surface area contributed by atoms with Gasteiger partial charge in [-0.05, 0) is 12.8 Å². The summed E-state index contributed by atoms with van der Waals surface area (Å²) in [6.45, 7) is 5.47. The van der Waals surface area contributed by atoms with Gasteiger partial charge in [-0.25, -0.2) is 0 Å². The summed E-state index contributed by atoms with van der Waals surface area (Å²) in [5.41, 5.74) is 5.68. The Bertz CT molecular complexity index is 112. The third-order valence-corrected chi connectivity index (χ3v) is 1.87. The van der Waals surface area contributed by atoms with Crippen molar-refractivity contribution in [2.45, 2.75) is 25.8 Å². The molecule has 1 atom stereocenters. The number of methoxy groups -OCH3 is 1. The fourth-order valence-electron chi connectivity index (χ4n) is 0.860. The lowest BCUT2D eigenvalue weighted by Crippen LogP contribution is -2.25. The second-order valence-corrected chi connectivity index (χ2v) is 3.20. The molecule has 0 rings (SSSR count). The zero-order valence-corrected chi connectivity index (χ0v) is 9.33. The minimum Gasteiger partial charge on any atom is -0.382 e. The maximum absolute atomic E-state index is 5.68. The molecule has 0 aliphatic carbocycles. The van der Waals surface area contributed by atoms with Crippen LogP contribution in [-0.4, -0.2) is 46.2 Å². The van der Waals surface area contributed by atoms with Crippen LogP contribution in [0, 0.1) is 0 Å². The van der Waals surface area contributed by atoms with Crippen LogP contribution in [0.2, 0.25) is 0 Å². The predicted molar refractivity (Wildman–Crippen MR) is 56.4 cm³/mol. The molecule has 4 nitrogen and oxygen atoms in total. The first-order valence-corrected chi connectivity index (χ1v) is 5.21. The molecule has 0 saturated heterocycles. The van der Waals surface area contributed by atoms with Gasteiger partial charge >= 0.3 is 0 Å². The van der Waals surface area contributed by atoms with Gasteiger partial charge in [-0.3, -0.25) is 0 Å². The largest absolute Gasteiger partial charge is 0.382 e. The fourth-order valence-corrected chi connectivity index (χ4v) is 0.860. The van der Waals surface area contributed by atoms with Gasteiger partial charge in [-0.15, -0.1) is 0 Å². The molecular formula is C10H23NO3. The number of nitrogens with two attached hydrogens (primary N) is 1. The van der Waals surface area contributed by atoms with Gasteiger partial charge in [-0.2, -0.15) is 0 Å². The smallest absolute Gasteiger partial charge is 0.0700 e. The van der Waals surface area contributed by atoms with Crippen molar-refractivity contribution in [2.75, 3.05) is 40.1 Å². The number of hydrogen-bond acceptors (Lipinski definition) is 4. The van der Waals surface area contributed by atoms with E-state index in [0.29, 0.717) is 19.8 Å². The first-order valence-electron chi connectivity index (χ1n) is 5.21. The Kier molecular flexibility index (Phi) is 10.8. The van der Waals surface area contributed by atoms with Crippen LogP contribution < -0.4 is 5.73 Å². The molecule has 0 aliphatic heterocycles. The molecule has 0 heterocycles. The van der Waals surface area contributed by atoms with Gasteiger partial charge in [0.2, 0.25) is 0 Å². The summed E-state index contributed by atoms with van der Waals surface area (Å²) >= 11 is 0. The van der Waals surface area contributed by atoms with Crippen molar-refractivity contribution < 1.29 is 14.2 Å². The summed E-state index contributed by atoms with van der Waals surface area (Å²) in [5.74, 6) is 0. The SMILES string of the molecule is CCC(N)COCCCOCCOC. The van der Waals surface area contributed by atoms with E-state index in [1.165, 1.54) is 0 Å². The standard InChI is InChI=1S/C10H23NO3/c1-3-10(11)9-14-6-4-5-13-8-7-12-2/h10H,3-9,11H2,1-2H3. The first kappa shape index (κ1) is 13.8. The van der Waals surface area contributed by atoms with Gasteiger partial charge in [0, 0.05) is 26.4 Å². The summed E-state index contributed by atoms with van der Waals surface area (Å²) in [4.78, 5) is 0. The highest BCUT2D eigenvalue weighted by molar-refractivity contribution is 4.54. The van der Waals surface area contributed by atoms with Crippen molar-refractivity contribution in [3.63, 3.8) is 0 Å². The van der Waals surface area contributed by atoms with Crippen molar-refractivity contribution in [1.29, 1.82) is 0 Å². The molecule has 0 bridgehead atoms. The summed E-state index contributed by atoms with van der Waals surface area (Å²) in [5, 5.41) is 0. The van der Waals surface area contributed by atoms with E-state index in [-0.39, 0.29) is 6.04 Å². The maximum atomic E-state index is 5.68. The van der Waals surface area contributed by atoms with Crippen LogP contribution >= 0.6 is 0 Å². The molecule has 86 valence electrons. The molecule has 14 heavy (non-hydrogen) atoms. The molecule has 2 N–H and O–H groups in total. The average molecular weight is 205 g/mol. The van der Waals surface area contributed by atoms with E-state index in [0.717, 1.165) is 26.1 Å². The molecule has 0 aromatic heterocycles. The quantitative estimate of drug-likeness (QED) is 0.536. The van der Waals surface area contributed by atoms with E-state index in [1.807, 2.05) is 0 Å². The van der Waals surface area contributed by atoms with Gasteiger partial charge in [0.1, 0.15) is 0 Å². The molecule has 0 aromatic rings. The van der Waals surface area contributed by atoms with Crippen molar-refractivity contribution >= 4 is 0 Å². The molecule has 0 aromatic carbocycles. The normalized spacial score (nSPS) is 13.1. The van der Waals surface area contributed by atoms with E-state index in [9.17, 15) is 0 Å². The monoisotopic (exact) mass is 205 g/mol. The van der Waals surface area contributed by atoms with Crippen LogP contribution in [0.4, 0.5) is 0 Å². The maximum Gasteiger partial charge on any atom is 0.0700 e. The predicted octanol–water partition coefficient (Wildman–Crippen LogP) is 0.793. The van der Waals surface area contributed by atoms with Gasteiger partial charge in [0.25, 0.3) is 0 Å². The Hall–Kier alpha value is -0.160. The van der Waals surface area contributed by atoms with E-state index in [4.69, 9.17) is 19.9 Å². The molecule has 4 heteroatoms. The third kappa shape index (κ3) is 9.92. The van der Waals surface area contributed by atoms with E-state index < -0.39 is 0 Å². The number of rotatable bonds is 10. The van der Waals surface area contributed by atoms with Crippen molar-refractivity contribution in [2.24, 2.45) is 5.73 Å². The number of ether oxygens (including phenoxy) is 3. The zero-order valence-electron chi connectivity index (χ0n) is 9.33. The van der Waals surface area contributed by atoms with Crippen LogP contribution in [0.15, 0.2) is 0 Å². The topological polar surface area (TPSA) is 53.7 Å². The summed E-state index contributed by atoms with van der Waals surface area (Å²) in [6, 6.07) is 0.171. The minimum atomic E-state index is 0.171. The second-order valence-electron chi connectivity index (χ2n) is 3.20. The highest BCUT2D eigenvalue weighted by atomic mass is 16.5. The highest BCUT2D eigenvalue weighted by Crippen LogP contribution is 1.90. The van der Waals surface area contributed by atoms with E-state index >= 15 is 0 Å². The molecule has 0 aliphatic rings. The lowest BCUT2D eigenvalue weighted by molar-refractivity contribution is 0.0491. The lowest BCUT2D eigenvalue weighted by Gasteiger charge is -2.09. The Morgan fingerprint density at radius 2 is 1.79 bits per heavy atom. The fraction of sp³-hybridized carbons (Fsp3) is 1.00. The minimum absolute atomic E-state index is 0.171. The average Bonchev–Trinajstić information content (AvgIpc) is 2.21. The molecule has 0 saturated carbocycles. The summed E-state index contributed by atoms with van der Waals surface area (Å²) in [6.07, 6.45) is 1.88. The Balaban J connectivity index is 2.92. The summed E-state index contributed by atoms with van der Waals surface area (Å²) < 4.78 is 15.5. The third-order valence-electron chi connectivity index (χ3n) is 1.87. The Morgan fingerprint density at radius 3 is 2.43 bits per heavy atom. The van der Waals surface area contributed by atoms with Gasteiger partial charge < -0.3 is 19.9 Å². The Labute approximate surface area is 86.7 Å².